The summed E-state index contributed by atoms with van der Waals surface area (Å²) in [7, 11) is 3.36. The van der Waals surface area contributed by atoms with Crippen molar-refractivity contribution in [2.24, 2.45) is 0 Å². The zero-order valence-electron chi connectivity index (χ0n) is 12.0. The average Bonchev–Trinajstić information content (AvgIpc) is 2.52. The molecule has 0 unspecified atom stereocenters. The number of hydrogen-bond donors (Lipinski definition) is 0. The second-order valence-corrected chi connectivity index (χ2v) is 6.42. The standard InChI is InChI=1S/C17H14Br2O2/c1-9-12(20-2)8-13(21-3)15-14(9)16(18)10-6-4-5-7-11(10)17(15)19/h4-8H,1-3H3. The Kier molecular flexibility index (Phi) is 3.84. The van der Waals surface area contributed by atoms with Crippen molar-refractivity contribution in [3.05, 3.63) is 44.8 Å². The lowest BCUT2D eigenvalue weighted by atomic mass is 9.98. The molecule has 0 aliphatic carbocycles. The summed E-state index contributed by atoms with van der Waals surface area (Å²) in [6.45, 7) is 2.06. The molecule has 0 aliphatic rings. The highest BCUT2D eigenvalue weighted by molar-refractivity contribution is 9.11. The van der Waals surface area contributed by atoms with Crippen molar-refractivity contribution in [2.75, 3.05) is 14.2 Å². The molecular weight excluding hydrogens is 396 g/mol. The predicted molar refractivity (Wildman–Crippen MR) is 94.7 cm³/mol. The van der Waals surface area contributed by atoms with E-state index < -0.39 is 0 Å². The van der Waals surface area contributed by atoms with Gasteiger partial charge in [-0.25, -0.2) is 0 Å². The molecule has 0 aromatic heterocycles. The van der Waals surface area contributed by atoms with Crippen LogP contribution in [0, 0.1) is 6.92 Å². The van der Waals surface area contributed by atoms with Crippen molar-refractivity contribution in [1.82, 2.24) is 0 Å². The first-order chi connectivity index (χ1) is 10.1. The highest BCUT2D eigenvalue weighted by Crippen LogP contribution is 2.47. The summed E-state index contributed by atoms with van der Waals surface area (Å²) < 4.78 is 13.2. The second-order valence-electron chi connectivity index (χ2n) is 4.83. The van der Waals surface area contributed by atoms with Crippen molar-refractivity contribution in [3.8, 4) is 11.5 Å². The van der Waals surface area contributed by atoms with E-state index in [0.717, 1.165) is 47.6 Å². The fourth-order valence-corrected chi connectivity index (χ4v) is 4.31. The van der Waals surface area contributed by atoms with Crippen molar-refractivity contribution in [2.45, 2.75) is 6.92 Å². The van der Waals surface area contributed by atoms with Gasteiger partial charge < -0.3 is 9.47 Å². The second kappa shape index (κ2) is 5.50. The number of rotatable bonds is 2. The highest BCUT2D eigenvalue weighted by Gasteiger charge is 2.18. The molecule has 21 heavy (non-hydrogen) atoms. The normalized spacial score (nSPS) is 11.1. The lowest BCUT2D eigenvalue weighted by molar-refractivity contribution is 0.396. The first-order valence-corrected chi connectivity index (χ1v) is 8.09. The maximum atomic E-state index is 5.58. The molecule has 2 nitrogen and oxygen atoms in total. The maximum absolute atomic E-state index is 5.58. The SMILES string of the molecule is COc1cc(OC)c2c(Br)c3ccccc3c(Br)c2c1C. The van der Waals surface area contributed by atoms with Gasteiger partial charge in [0.1, 0.15) is 11.5 Å². The molecule has 0 spiro atoms. The van der Waals surface area contributed by atoms with E-state index in [0.29, 0.717) is 0 Å². The summed E-state index contributed by atoms with van der Waals surface area (Å²) in [5.74, 6) is 1.62. The number of hydrogen-bond acceptors (Lipinski definition) is 2. The van der Waals surface area contributed by atoms with Crippen molar-refractivity contribution in [1.29, 1.82) is 0 Å². The largest absolute Gasteiger partial charge is 0.496 e. The van der Waals surface area contributed by atoms with Crippen LogP contribution in [-0.2, 0) is 0 Å². The molecule has 108 valence electrons. The third-order valence-electron chi connectivity index (χ3n) is 3.78. The van der Waals surface area contributed by atoms with Gasteiger partial charge in [-0.05, 0) is 49.6 Å². The van der Waals surface area contributed by atoms with Gasteiger partial charge in [0.05, 0.1) is 14.2 Å². The molecule has 0 amide bonds. The average molecular weight is 410 g/mol. The molecule has 4 heteroatoms. The van der Waals surface area contributed by atoms with Gasteiger partial charge in [0.15, 0.2) is 0 Å². The van der Waals surface area contributed by atoms with Gasteiger partial charge in [-0.15, -0.1) is 0 Å². The third kappa shape index (κ3) is 2.12. The van der Waals surface area contributed by atoms with Gasteiger partial charge in [0, 0.05) is 31.3 Å². The van der Waals surface area contributed by atoms with Gasteiger partial charge in [-0.2, -0.15) is 0 Å². The van der Waals surface area contributed by atoms with Crippen LogP contribution in [-0.4, -0.2) is 14.2 Å². The Morgan fingerprint density at radius 3 is 1.86 bits per heavy atom. The number of ether oxygens (including phenoxy) is 2. The smallest absolute Gasteiger partial charge is 0.131 e. The Balaban J connectivity index is 2.65. The Bertz CT molecular complexity index is 857. The van der Waals surface area contributed by atoms with Crippen molar-refractivity contribution < 1.29 is 9.47 Å². The molecule has 3 aromatic rings. The van der Waals surface area contributed by atoms with Crippen LogP contribution in [0.5, 0.6) is 11.5 Å². The molecule has 0 atom stereocenters. The van der Waals surface area contributed by atoms with E-state index in [2.05, 4.69) is 50.9 Å². The minimum atomic E-state index is 0.797. The summed E-state index contributed by atoms with van der Waals surface area (Å²) in [6, 6.07) is 10.2. The first kappa shape index (κ1) is 14.7. The topological polar surface area (TPSA) is 18.5 Å². The Hall–Kier alpha value is -1.26. The summed E-state index contributed by atoms with van der Waals surface area (Å²) in [6.07, 6.45) is 0. The monoisotopic (exact) mass is 408 g/mol. The fraction of sp³-hybridized carbons (Fsp3) is 0.176. The summed E-state index contributed by atoms with van der Waals surface area (Å²) in [4.78, 5) is 0. The molecule has 0 radical (unpaired) electrons. The van der Waals surface area contributed by atoms with Crippen LogP contribution in [0.15, 0.2) is 39.3 Å². The van der Waals surface area contributed by atoms with Crippen LogP contribution in [0.25, 0.3) is 21.5 Å². The van der Waals surface area contributed by atoms with Crippen LogP contribution in [0.4, 0.5) is 0 Å². The Morgan fingerprint density at radius 2 is 1.33 bits per heavy atom. The third-order valence-corrected chi connectivity index (χ3v) is 5.43. The fourth-order valence-electron chi connectivity index (χ4n) is 2.73. The first-order valence-electron chi connectivity index (χ1n) is 6.51. The quantitative estimate of drug-likeness (QED) is 0.494. The zero-order valence-corrected chi connectivity index (χ0v) is 15.1. The highest BCUT2D eigenvalue weighted by atomic mass is 79.9. The molecule has 3 aromatic carbocycles. The van der Waals surface area contributed by atoms with E-state index >= 15 is 0 Å². The molecule has 0 N–H and O–H groups in total. The van der Waals surface area contributed by atoms with Gasteiger partial charge >= 0.3 is 0 Å². The minimum Gasteiger partial charge on any atom is -0.496 e. The molecule has 0 fully saturated rings. The maximum Gasteiger partial charge on any atom is 0.131 e. The van der Waals surface area contributed by atoms with E-state index in [1.165, 1.54) is 0 Å². The van der Waals surface area contributed by atoms with E-state index in [-0.39, 0.29) is 0 Å². The number of fused-ring (bicyclic) bond motifs is 2. The van der Waals surface area contributed by atoms with Crippen LogP contribution < -0.4 is 9.47 Å². The van der Waals surface area contributed by atoms with Crippen LogP contribution in [0.3, 0.4) is 0 Å². The number of benzene rings is 3. The van der Waals surface area contributed by atoms with Crippen molar-refractivity contribution in [3.63, 3.8) is 0 Å². The molecule has 0 bridgehead atoms. The van der Waals surface area contributed by atoms with Gasteiger partial charge in [0.2, 0.25) is 0 Å². The van der Waals surface area contributed by atoms with Crippen molar-refractivity contribution >= 4 is 53.4 Å². The molecule has 3 rings (SSSR count). The molecule has 0 saturated heterocycles. The van der Waals surface area contributed by atoms with Crippen LogP contribution >= 0.6 is 31.9 Å². The number of halogens is 2. The Morgan fingerprint density at radius 1 is 0.810 bits per heavy atom. The molecule has 0 heterocycles. The van der Waals surface area contributed by atoms with Gasteiger partial charge in [0.25, 0.3) is 0 Å². The van der Waals surface area contributed by atoms with E-state index in [1.54, 1.807) is 14.2 Å². The van der Waals surface area contributed by atoms with Crippen LogP contribution in [0.1, 0.15) is 5.56 Å². The zero-order chi connectivity index (χ0) is 15.1. The van der Waals surface area contributed by atoms with E-state index in [1.807, 2.05) is 18.2 Å². The lowest BCUT2D eigenvalue weighted by Gasteiger charge is -2.17. The number of aryl methyl sites for hydroxylation is 1. The molecule has 0 aliphatic heterocycles. The Labute approximate surface area is 140 Å². The summed E-state index contributed by atoms with van der Waals surface area (Å²) in [5.41, 5.74) is 1.09. The summed E-state index contributed by atoms with van der Waals surface area (Å²) >= 11 is 7.51. The minimum absolute atomic E-state index is 0.797. The lowest BCUT2D eigenvalue weighted by Crippen LogP contribution is -1.95. The summed E-state index contributed by atoms with van der Waals surface area (Å²) in [5, 5.41) is 4.48. The van der Waals surface area contributed by atoms with E-state index in [9.17, 15) is 0 Å². The number of methoxy groups -OCH3 is 2. The van der Waals surface area contributed by atoms with Crippen LogP contribution in [0.2, 0.25) is 0 Å². The van der Waals surface area contributed by atoms with Gasteiger partial charge in [-0.3, -0.25) is 0 Å². The van der Waals surface area contributed by atoms with Gasteiger partial charge in [-0.1, -0.05) is 24.3 Å². The predicted octanol–water partition coefficient (Wildman–Crippen LogP) is 5.84. The molecular formula is C17H14Br2O2. The van der Waals surface area contributed by atoms with E-state index in [4.69, 9.17) is 9.47 Å². The molecule has 0 saturated carbocycles.